The maximum atomic E-state index is 13.1. The minimum absolute atomic E-state index is 0.0702. The monoisotopic (exact) mass is 385 g/mol. The van der Waals surface area contributed by atoms with E-state index in [1.807, 2.05) is 12.1 Å². The maximum Gasteiger partial charge on any atom is 0.268 e. The molecule has 132 valence electrons. The Bertz CT molecular complexity index is 1130. The van der Waals surface area contributed by atoms with Crippen LogP contribution in [0.25, 0.3) is 10.9 Å². The molecule has 26 heavy (non-hydrogen) atoms. The molecule has 0 aliphatic carbocycles. The molecule has 0 amide bonds. The molecule has 0 fully saturated rings. The molecule has 0 saturated carbocycles. The smallest absolute Gasteiger partial charge is 0.268 e. The van der Waals surface area contributed by atoms with Gasteiger partial charge in [0.1, 0.15) is 5.16 Å². The Morgan fingerprint density at radius 3 is 2.42 bits per heavy atom. The van der Waals surface area contributed by atoms with Gasteiger partial charge in [-0.3, -0.25) is 0 Å². The maximum absolute atomic E-state index is 13.1. The summed E-state index contributed by atoms with van der Waals surface area (Å²) in [6, 6.07) is 15.4. The Labute approximate surface area is 156 Å². The minimum atomic E-state index is -3.77. The Morgan fingerprint density at radius 2 is 1.77 bits per heavy atom. The molecule has 7 heteroatoms. The summed E-state index contributed by atoms with van der Waals surface area (Å²) in [7, 11) is -3.77. The SMILES string of the molecule is C=C(Cl)N=C(/C=C\N)c1cn(S(=O)(=O)c2ccccc2)c2ccccc12. The lowest BCUT2D eigenvalue weighted by molar-refractivity contribution is 0.589. The number of hydrogen-bond acceptors (Lipinski definition) is 4. The first-order chi connectivity index (χ1) is 12.4. The van der Waals surface area contributed by atoms with Crippen LogP contribution in [0, 0.1) is 0 Å². The van der Waals surface area contributed by atoms with Crippen molar-refractivity contribution < 1.29 is 8.42 Å². The molecule has 3 aromatic rings. The van der Waals surface area contributed by atoms with E-state index in [0.29, 0.717) is 22.2 Å². The first-order valence-electron chi connectivity index (χ1n) is 7.67. The highest BCUT2D eigenvalue weighted by atomic mass is 35.5. The Kier molecular flexibility index (Phi) is 4.97. The molecule has 0 atom stereocenters. The second-order valence-electron chi connectivity index (χ2n) is 5.41. The highest BCUT2D eigenvalue weighted by Crippen LogP contribution is 2.27. The van der Waals surface area contributed by atoms with Crippen molar-refractivity contribution in [2.24, 2.45) is 10.7 Å². The molecule has 0 aliphatic rings. The topological polar surface area (TPSA) is 77.4 Å². The van der Waals surface area contributed by atoms with E-state index in [1.54, 1.807) is 48.5 Å². The minimum Gasteiger partial charge on any atom is -0.405 e. The van der Waals surface area contributed by atoms with Crippen molar-refractivity contribution in [2.45, 2.75) is 4.90 Å². The summed E-state index contributed by atoms with van der Waals surface area (Å²) in [5.41, 5.74) is 7.05. The third-order valence-corrected chi connectivity index (χ3v) is 5.52. The number of halogens is 1. The van der Waals surface area contributed by atoms with Crippen LogP contribution in [0.5, 0.6) is 0 Å². The van der Waals surface area contributed by atoms with Gasteiger partial charge in [0.05, 0.1) is 16.1 Å². The van der Waals surface area contributed by atoms with Gasteiger partial charge in [-0.25, -0.2) is 17.4 Å². The Morgan fingerprint density at radius 1 is 1.12 bits per heavy atom. The number of rotatable bonds is 5. The van der Waals surface area contributed by atoms with Gasteiger partial charge < -0.3 is 5.73 Å². The largest absolute Gasteiger partial charge is 0.405 e. The zero-order chi connectivity index (χ0) is 18.7. The quantitative estimate of drug-likeness (QED) is 0.535. The second kappa shape index (κ2) is 7.19. The average molecular weight is 386 g/mol. The number of para-hydroxylation sites is 1. The highest BCUT2D eigenvalue weighted by Gasteiger charge is 2.22. The number of aliphatic imine (C=N–C) groups is 1. The third-order valence-electron chi connectivity index (χ3n) is 3.75. The van der Waals surface area contributed by atoms with Gasteiger partial charge in [0.25, 0.3) is 10.0 Å². The molecular weight excluding hydrogens is 370 g/mol. The summed E-state index contributed by atoms with van der Waals surface area (Å²) < 4.78 is 27.4. The number of hydrogen-bond donors (Lipinski definition) is 1. The Balaban J connectivity index is 2.32. The van der Waals surface area contributed by atoms with Crippen molar-refractivity contribution in [2.75, 3.05) is 0 Å². The van der Waals surface area contributed by atoms with Gasteiger partial charge in [-0.05, 0) is 30.5 Å². The predicted molar refractivity (Wildman–Crippen MR) is 106 cm³/mol. The first kappa shape index (κ1) is 18.0. The summed E-state index contributed by atoms with van der Waals surface area (Å²) in [5, 5.41) is 0.780. The zero-order valence-electron chi connectivity index (χ0n) is 13.7. The fourth-order valence-corrected chi connectivity index (χ4v) is 4.15. The van der Waals surface area contributed by atoms with Crippen LogP contribution in [-0.2, 0) is 10.0 Å². The van der Waals surface area contributed by atoms with E-state index in [9.17, 15) is 8.42 Å². The summed E-state index contributed by atoms with van der Waals surface area (Å²) in [6.45, 7) is 3.56. The molecule has 5 nitrogen and oxygen atoms in total. The van der Waals surface area contributed by atoms with Gasteiger partial charge in [-0.1, -0.05) is 54.6 Å². The molecule has 2 aromatic carbocycles. The van der Waals surface area contributed by atoms with Gasteiger partial charge in [0.2, 0.25) is 0 Å². The summed E-state index contributed by atoms with van der Waals surface area (Å²) in [4.78, 5) is 4.36. The van der Waals surface area contributed by atoms with Crippen LogP contribution in [0.1, 0.15) is 5.56 Å². The number of nitrogens with zero attached hydrogens (tertiary/aromatic N) is 2. The van der Waals surface area contributed by atoms with Gasteiger partial charge in [-0.15, -0.1) is 0 Å². The summed E-state index contributed by atoms with van der Waals surface area (Å²) >= 11 is 5.82. The van der Waals surface area contributed by atoms with E-state index in [2.05, 4.69) is 11.6 Å². The number of nitrogens with two attached hydrogens (primary N) is 1. The zero-order valence-corrected chi connectivity index (χ0v) is 15.3. The molecule has 0 radical (unpaired) electrons. The lowest BCUT2D eigenvalue weighted by atomic mass is 10.1. The molecule has 1 aromatic heterocycles. The first-order valence-corrected chi connectivity index (χ1v) is 9.49. The van der Waals surface area contributed by atoms with E-state index in [0.717, 1.165) is 0 Å². The van der Waals surface area contributed by atoms with E-state index in [4.69, 9.17) is 17.3 Å². The molecule has 0 aliphatic heterocycles. The van der Waals surface area contributed by atoms with Crippen molar-refractivity contribution in [1.29, 1.82) is 0 Å². The fourth-order valence-electron chi connectivity index (χ4n) is 2.67. The van der Waals surface area contributed by atoms with Crippen molar-refractivity contribution in [3.63, 3.8) is 0 Å². The second-order valence-corrected chi connectivity index (χ2v) is 7.66. The third kappa shape index (κ3) is 3.29. The lowest BCUT2D eigenvalue weighted by Gasteiger charge is -2.07. The van der Waals surface area contributed by atoms with Crippen LogP contribution in [0.2, 0.25) is 0 Å². The predicted octanol–water partition coefficient (Wildman–Crippen LogP) is 3.85. The van der Waals surface area contributed by atoms with E-state index in [1.165, 1.54) is 16.4 Å². The van der Waals surface area contributed by atoms with E-state index in [-0.39, 0.29) is 10.1 Å². The highest BCUT2D eigenvalue weighted by molar-refractivity contribution is 7.90. The van der Waals surface area contributed by atoms with Crippen molar-refractivity contribution in [1.82, 2.24) is 3.97 Å². The molecule has 0 bridgehead atoms. The number of allylic oxidation sites excluding steroid dienone is 1. The van der Waals surface area contributed by atoms with Gasteiger partial charge in [0.15, 0.2) is 0 Å². The lowest BCUT2D eigenvalue weighted by Crippen LogP contribution is -2.11. The number of fused-ring (bicyclic) bond motifs is 1. The normalized spacial score (nSPS) is 12.7. The van der Waals surface area contributed by atoms with Crippen LogP contribution in [0.4, 0.5) is 0 Å². The van der Waals surface area contributed by atoms with Crippen LogP contribution in [0.15, 0.2) is 94.7 Å². The van der Waals surface area contributed by atoms with E-state index >= 15 is 0 Å². The van der Waals surface area contributed by atoms with Crippen molar-refractivity contribution in [3.8, 4) is 0 Å². The average Bonchev–Trinajstić information content (AvgIpc) is 3.02. The fraction of sp³-hybridized carbons (Fsp3) is 0. The van der Waals surface area contributed by atoms with Crippen LogP contribution >= 0.6 is 11.6 Å². The molecule has 3 rings (SSSR count). The van der Waals surface area contributed by atoms with Gasteiger partial charge in [-0.2, -0.15) is 0 Å². The Hall–Kier alpha value is -2.83. The molecule has 0 spiro atoms. The summed E-state index contributed by atoms with van der Waals surface area (Å²) in [6.07, 6.45) is 4.39. The number of benzene rings is 2. The van der Waals surface area contributed by atoms with Crippen LogP contribution in [0.3, 0.4) is 0 Å². The summed E-state index contributed by atoms with van der Waals surface area (Å²) in [5.74, 6) is 0. The van der Waals surface area contributed by atoms with Crippen LogP contribution < -0.4 is 5.73 Å². The molecular formula is C19H16ClN3O2S. The number of aromatic nitrogens is 1. The van der Waals surface area contributed by atoms with Gasteiger partial charge >= 0.3 is 0 Å². The van der Waals surface area contributed by atoms with Crippen LogP contribution in [-0.4, -0.2) is 18.1 Å². The van der Waals surface area contributed by atoms with Crippen molar-refractivity contribution in [3.05, 3.63) is 90.4 Å². The molecule has 1 heterocycles. The molecule has 2 N–H and O–H groups in total. The molecule has 0 saturated heterocycles. The van der Waals surface area contributed by atoms with Gasteiger partial charge in [0, 0.05) is 17.1 Å². The van der Waals surface area contributed by atoms with Crippen molar-refractivity contribution >= 4 is 38.2 Å². The molecule has 0 unspecified atom stereocenters. The standard InChI is InChI=1S/C19H16ClN3O2S/c1-14(20)22-18(11-12-21)17-13-23(19-10-6-5-9-16(17)19)26(24,25)15-7-3-2-4-8-15/h2-13H,1,21H2/b12-11-,22-18?. The van der Waals surface area contributed by atoms with E-state index < -0.39 is 10.0 Å².